The van der Waals surface area contributed by atoms with Gasteiger partial charge in [-0.2, -0.15) is 0 Å². The molecule has 1 aromatic carbocycles. The zero-order valence-electron chi connectivity index (χ0n) is 12.4. The second kappa shape index (κ2) is 8.05. The number of likely N-dealkylation sites (N-methyl/N-ethyl adjacent to an activating group) is 1. The molecular formula is C17H25NO2. The fraction of sp³-hybridized carbons (Fsp3) is 0.588. The van der Waals surface area contributed by atoms with Crippen molar-refractivity contribution < 1.29 is 9.53 Å². The lowest BCUT2D eigenvalue weighted by Crippen LogP contribution is -2.38. The molecule has 2 rings (SSSR count). The number of carbonyl (C=O) groups excluding carboxylic acids is 1. The van der Waals surface area contributed by atoms with Gasteiger partial charge < -0.3 is 9.64 Å². The maximum Gasteiger partial charge on any atom is 0.248 e. The predicted octanol–water partition coefficient (Wildman–Crippen LogP) is 3.38. The molecule has 1 saturated carbocycles. The molecule has 1 aromatic rings. The van der Waals surface area contributed by atoms with Crippen molar-refractivity contribution >= 4 is 5.91 Å². The molecule has 1 aliphatic rings. The Kier molecular flexibility index (Phi) is 6.06. The number of hydrogen-bond donors (Lipinski definition) is 0. The van der Waals surface area contributed by atoms with Crippen LogP contribution < -0.4 is 0 Å². The topological polar surface area (TPSA) is 29.5 Å². The number of ether oxygens (including phenoxy) is 1. The summed E-state index contributed by atoms with van der Waals surface area (Å²) in [4.78, 5) is 14.0. The van der Waals surface area contributed by atoms with Gasteiger partial charge in [0.25, 0.3) is 0 Å². The third kappa shape index (κ3) is 4.64. The molecule has 0 unspecified atom stereocenters. The van der Waals surface area contributed by atoms with Crippen LogP contribution in [0.15, 0.2) is 30.3 Å². The summed E-state index contributed by atoms with van der Waals surface area (Å²) in [5.74, 6) is 0.104. The molecule has 0 spiro atoms. The van der Waals surface area contributed by atoms with Gasteiger partial charge in [-0.05, 0) is 18.4 Å². The summed E-state index contributed by atoms with van der Waals surface area (Å²) in [6.07, 6.45) is 7.38. The van der Waals surface area contributed by atoms with Crippen LogP contribution in [0, 0.1) is 0 Å². The van der Waals surface area contributed by atoms with Crippen molar-refractivity contribution in [1.82, 2.24) is 4.90 Å². The molecule has 3 heteroatoms. The van der Waals surface area contributed by atoms with Crippen molar-refractivity contribution in [3.05, 3.63) is 35.9 Å². The van der Waals surface area contributed by atoms with Crippen LogP contribution in [0.1, 0.15) is 44.1 Å². The van der Waals surface area contributed by atoms with Crippen molar-refractivity contribution in [3.63, 3.8) is 0 Å². The normalized spacial score (nSPS) is 16.6. The smallest absolute Gasteiger partial charge is 0.248 e. The Balaban J connectivity index is 1.73. The lowest BCUT2D eigenvalue weighted by molar-refractivity contribution is -0.137. The molecule has 0 aliphatic heterocycles. The van der Waals surface area contributed by atoms with Crippen molar-refractivity contribution in [1.29, 1.82) is 0 Å². The minimum Gasteiger partial charge on any atom is -0.367 e. The van der Waals surface area contributed by atoms with Gasteiger partial charge >= 0.3 is 0 Å². The fourth-order valence-electron chi connectivity index (χ4n) is 2.78. The maximum absolute atomic E-state index is 12.1. The lowest BCUT2D eigenvalue weighted by atomic mass is 10.1. The third-order valence-corrected chi connectivity index (χ3v) is 4.10. The third-order valence-electron chi connectivity index (χ3n) is 4.10. The fourth-order valence-corrected chi connectivity index (χ4v) is 2.78. The lowest BCUT2D eigenvalue weighted by Gasteiger charge is -2.27. The summed E-state index contributed by atoms with van der Waals surface area (Å²) in [6.45, 7) is 0.687. The van der Waals surface area contributed by atoms with Gasteiger partial charge in [0.2, 0.25) is 5.91 Å². The number of nitrogens with zero attached hydrogens (tertiary/aromatic N) is 1. The first kappa shape index (κ1) is 15.0. The number of rotatable bonds is 5. The van der Waals surface area contributed by atoms with Crippen LogP contribution in [0.4, 0.5) is 0 Å². The van der Waals surface area contributed by atoms with Crippen LogP contribution in [-0.4, -0.2) is 30.5 Å². The maximum atomic E-state index is 12.1. The van der Waals surface area contributed by atoms with E-state index >= 15 is 0 Å². The molecule has 20 heavy (non-hydrogen) atoms. The Labute approximate surface area is 121 Å². The molecule has 0 radical (unpaired) electrons. The van der Waals surface area contributed by atoms with Gasteiger partial charge in [0.1, 0.15) is 6.61 Å². The van der Waals surface area contributed by atoms with Gasteiger partial charge in [-0.15, -0.1) is 0 Å². The summed E-state index contributed by atoms with van der Waals surface area (Å²) in [7, 11) is 1.92. The Bertz CT molecular complexity index is 397. The van der Waals surface area contributed by atoms with Gasteiger partial charge in [-0.25, -0.2) is 0 Å². The molecule has 3 nitrogen and oxygen atoms in total. The Morgan fingerprint density at radius 2 is 1.80 bits per heavy atom. The zero-order chi connectivity index (χ0) is 14.2. The summed E-state index contributed by atoms with van der Waals surface area (Å²) >= 11 is 0. The van der Waals surface area contributed by atoms with Gasteiger partial charge in [0.05, 0.1) is 6.61 Å². The van der Waals surface area contributed by atoms with Crippen molar-refractivity contribution in [2.24, 2.45) is 0 Å². The standard InChI is InChI=1S/C17H25NO2/c1-18(16-11-7-2-3-8-12-16)17(19)14-20-13-15-9-5-4-6-10-15/h4-6,9-10,16H,2-3,7-8,11-14H2,1H3. The second-order valence-electron chi connectivity index (χ2n) is 5.63. The first-order chi connectivity index (χ1) is 9.77. The van der Waals surface area contributed by atoms with Crippen molar-refractivity contribution in [2.75, 3.05) is 13.7 Å². The molecule has 0 bridgehead atoms. The summed E-state index contributed by atoms with van der Waals surface area (Å²) in [6, 6.07) is 10.4. The molecule has 1 aliphatic carbocycles. The molecule has 0 N–H and O–H groups in total. The minimum atomic E-state index is 0.104. The SMILES string of the molecule is CN(C(=O)COCc1ccccc1)C1CCCCCC1. The molecule has 0 aromatic heterocycles. The van der Waals surface area contributed by atoms with Crippen molar-refractivity contribution in [3.8, 4) is 0 Å². The second-order valence-corrected chi connectivity index (χ2v) is 5.63. The van der Waals surface area contributed by atoms with E-state index in [1.165, 1.54) is 25.7 Å². The van der Waals surface area contributed by atoms with E-state index in [4.69, 9.17) is 4.74 Å². The van der Waals surface area contributed by atoms with Crippen LogP contribution in [-0.2, 0) is 16.1 Å². The molecule has 0 atom stereocenters. The van der Waals surface area contributed by atoms with Gasteiger partial charge in [-0.1, -0.05) is 56.0 Å². The van der Waals surface area contributed by atoms with Crippen LogP contribution in [0.2, 0.25) is 0 Å². The molecule has 0 heterocycles. The first-order valence-electron chi connectivity index (χ1n) is 7.64. The van der Waals surface area contributed by atoms with Crippen LogP contribution in [0.5, 0.6) is 0 Å². The molecular weight excluding hydrogens is 250 g/mol. The van der Waals surface area contributed by atoms with E-state index in [2.05, 4.69) is 0 Å². The zero-order valence-corrected chi connectivity index (χ0v) is 12.4. The summed E-state index contributed by atoms with van der Waals surface area (Å²) in [5, 5.41) is 0. The predicted molar refractivity (Wildman–Crippen MR) is 80.4 cm³/mol. The van der Waals surface area contributed by atoms with Crippen LogP contribution in [0.3, 0.4) is 0 Å². The van der Waals surface area contributed by atoms with E-state index in [1.807, 2.05) is 42.3 Å². The first-order valence-corrected chi connectivity index (χ1v) is 7.64. The van der Waals surface area contributed by atoms with E-state index < -0.39 is 0 Å². The van der Waals surface area contributed by atoms with Crippen molar-refractivity contribution in [2.45, 2.75) is 51.2 Å². The van der Waals surface area contributed by atoms with E-state index in [1.54, 1.807) is 0 Å². The minimum absolute atomic E-state index is 0.104. The Morgan fingerprint density at radius 3 is 2.45 bits per heavy atom. The van der Waals surface area contributed by atoms with Gasteiger partial charge in [0, 0.05) is 13.1 Å². The number of hydrogen-bond acceptors (Lipinski definition) is 2. The Hall–Kier alpha value is -1.35. The van der Waals surface area contributed by atoms with Gasteiger partial charge in [0.15, 0.2) is 0 Å². The summed E-state index contributed by atoms with van der Waals surface area (Å²) < 4.78 is 5.53. The quantitative estimate of drug-likeness (QED) is 0.771. The highest BCUT2D eigenvalue weighted by Crippen LogP contribution is 2.21. The molecule has 1 fully saturated rings. The van der Waals surface area contributed by atoms with E-state index in [9.17, 15) is 4.79 Å². The van der Waals surface area contributed by atoms with Gasteiger partial charge in [-0.3, -0.25) is 4.79 Å². The highest BCUT2D eigenvalue weighted by molar-refractivity contribution is 5.77. The Morgan fingerprint density at radius 1 is 1.15 bits per heavy atom. The largest absolute Gasteiger partial charge is 0.367 e. The van der Waals surface area contributed by atoms with Crippen LogP contribution in [0.25, 0.3) is 0 Å². The monoisotopic (exact) mass is 275 g/mol. The highest BCUT2D eigenvalue weighted by Gasteiger charge is 2.20. The van der Waals surface area contributed by atoms with E-state index in [-0.39, 0.29) is 12.5 Å². The molecule has 0 saturated heterocycles. The molecule has 110 valence electrons. The van der Waals surface area contributed by atoms with Crippen LogP contribution >= 0.6 is 0 Å². The van der Waals surface area contributed by atoms with E-state index in [0.717, 1.165) is 18.4 Å². The average Bonchev–Trinajstić information content (AvgIpc) is 2.76. The summed E-state index contributed by atoms with van der Waals surface area (Å²) in [5.41, 5.74) is 1.11. The highest BCUT2D eigenvalue weighted by atomic mass is 16.5. The number of benzene rings is 1. The molecule has 1 amide bonds. The van der Waals surface area contributed by atoms with E-state index in [0.29, 0.717) is 12.6 Å². The number of carbonyl (C=O) groups is 1. The number of amides is 1. The average molecular weight is 275 g/mol.